The van der Waals surface area contributed by atoms with Crippen molar-refractivity contribution in [2.24, 2.45) is 5.10 Å². The van der Waals surface area contributed by atoms with Gasteiger partial charge >= 0.3 is 0 Å². The van der Waals surface area contributed by atoms with Crippen LogP contribution in [-0.4, -0.2) is 90.2 Å². The van der Waals surface area contributed by atoms with Gasteiger partial charge in [0.1, 0.15) is 11.4 Å². The number of ether oxygens (including phenoxy) is 1. The summed E-state index contributed by atoms with van der Waals surface area (Å²) >= 11 is 0. The lowest BCUT2D eigenvalue weighted by Gasteiger charge is -2.32. The van der Waals surface area contributed by atoms with Crippen LogP contribution in [0.5, 0.6) is 5.75 Å². The zero-order chi connectivity index (χ0) is 30.0. The molecule has 1 aliphatic carbocycles. The lowest BCUT2D eigenvalue weighted by Crippen LogP contribution is -2.49. The van der Waals surface area contributed by atoms with Crippen LogP contribution in [0.15, 0.2) is 29.5 Å². The van der Waals surface area contributed by atoms with Gasteiger partial charge in [-0.3, -0.25) is 4.79 Å². The minimum atomic E-state index is -2.11. The number of methoxy groups -OCH3 is 1. The summed E-state index contributed by atoms with van der Waals surface area (Å²) in [5, 5.41) is 20.1. The van der Waals surface area contributed by atoms with Gasteiger partial charge < -0.3 is 30.1 Å². The third-order valence-corrected chi connectivity index (χ3v) is 8.34. The van der Waals surface area contributed by atoms with Crippen molar-refractivity contribution < 1.29 is 19.0 Å². The fourth-order valence-corrected chi connectivity index (χ4v) is 6.05. The molecule has 0 spiro atoms. The van der Waals surface area contributed by atoms with Crippen molar-refractivity contribution in [3.63, 3.8) is 0 Å². The molecule has 2 fully saturated rings. The minimum Gasteiger partial charge on any atom is -0.495 e. The van der Waals surface area contributed by atoms with Gasteiger partial charge in [0.05, 0.1) is 30.6 Å². The van der Waals surface area contributed by atoms with Gasteiger partial charge in [-0.2, -0.15) is 4.98 Å². The second-order valence-corrected chi connectivity index (χ2v) is 11.5. The number of halogens is 1. The van der Waals surface area contributed by atoms with Crippen molar-refractivity contribution in [3.8, 4) is 5.75 Å². The molecule has 1 atom stereocenters. The molecule has 1 saturated carbocycles. The second kappa shape index (κ2) is 12.0. The first kappa shape index (κ1) is 29.4. The number of likely N-dealkylation sites (tertiary alicyclic amines) is 1. The molecule has 1 aromatic heterocycles. The smallest absolute Gasteiger partial charge is 0.251 e. The largest absolute Gasteiger partial charge is 0.495 e. The molecule has 1 aromatic carbocycles. The monoisotopic (exact) mass is 583 g/mol. The highest BCUT2D eigenvalue weighted by atomic mass is 19.1. The van der Waals surface area contributed by atoms with Gasteiger partial charge in [0, 0.05) is 24.7 Å². The number of nitrogens with zero attached hydrogens (tertiary/aromatic N) is 7. The minimum absolute atomic E-state index is 0.0295. The highest BCUT2D eigenvalue weighted by Crippen LogP contribution is 2.40. The maximum Gasteiger partial charge on any atom is 0.251 e. The molecule has 1 saturated heterocycles. The van der Waals surface area contributed by atoms with E-state index in [1.165, 1.54) is 32.2 Å². The first-order valence-electron chi connectivity index (χ1n) is 14.3. The number of benzene rings is 1. The van der Waals surface area contributed by atoms with Gasteiger partial charge in [0.2, 0.25) is 11.8 Å². The van der Waals surface area contributed by atoms with Crippen LogP contribution in [0.1, 0.15) is 55.8 Å². The number of carbonyl (C=O) groups is 1. The van der Waals surface area contributed by atoms with Gasteiger partial charge in [0.15, 0.2) is 16.5 Å². The molecule has 13 nitrogen and oxygen atoms in total. The molecule has 1 amide bonds. The van der Waals surface area contributed by atoms with Crippen molar-refractivity contribution in [3.05, 3.63) is 40.1 Å². The number of hydrazone groups is 1. The molecule has 14 heteroatoms. The number of hydrogen-bond donors (Lipinski definition) is 2. The summed E-state index contributed by atoms with van der Waals surface area (Å²) in [5.41, 5.74) is -0.657. The van der Waals surface area contributed by atoms with E-state index in [4.69, 9.17) is 9.72 Å². The predicted molar refractivity (Wildman–Crippen MR) is 158 cm³/mol. The van der Waals surface area contributed by atoms with Crippen LogP contribution in [0.4, 0.5) is 27.5 Å². The van der Waals surface area contributed by atoms with Crippen molar-refractivity contribution in [2.45, 2.75) is 63.2 Å². The highest BCUT2D eigenvalue weighted by Gasteiger charge is 2.45. The number of hydrogen-bond acceptors (Lipinski definition) is 9. The molecule has 5 rings (SSSR count). The molecule has 2 aliphatic heterocycles. The summed E-state index contributed by atoms with van der Waals surface area (Å²) in [5.74, 6) is 0.669. The standard InChI is InChI=1S/C28H38FN9O4/c1-28(29)17-37(20-7-5-6-8-20)24-22(36(3)26(28)34-38(40)41)16-30-27(33-24)32-21-10-9-18(15-23(21)42-4)25(39)31-19-11-13-35(2)14-12-19/h9-10,15-16,19-20H,5-8,11-14,17H2,1-4H3,(H,31,39)(H,30,32,33)/b34-26+. The van der Waals surface area contributed by atoms with Gasteiger partial charge in [-0.15, -0.1) is 0 Å². The fourth-order valence-electron chi connectivity index (χ4n) is 6.05. The van der Waals surface area contributed by atoms with E-state index in [9.17, 15) is 14.9 Å². The molecule has 1 unspecified atom stereocenters. The number of fused-ring (bicyclic) bond motifs is 1. The van der Waals surface area contributed by atoms with Gasteiger partial charge in [-0.05, 0) is 70.9 Å². The normalized spacial score (nSPS) is 23.0. The molecular weight excluding hydrogens is 545 g/mol. The summed E-state index contributed by atoms with van der Waals surface area (Å²) in [6.45, 7) is 3.06. The number of rotatable bonds is 7. The number of piperidine rings is 1. The van der Waals surface area contributed by atoms with E-state index in [2.05, 4.69) is 32.7 Å². The van der Waals surface area contributed by atoms with E-state index in [0.29, 0.717) is 28.5 Å². The molecule has 2 aromatic rings. The summed E-state index contributed by atoms with van der Waals surface area (Å²) < 4.78 is 21.6. The molecule has 0 bridgehead atoms. The SMILES string of the molecule is COc1cc(C(=O)NC2CCN(C)CC2)ccc1Nc1ncc2c(n1)N(C1CCCC1)CC(C)(F)/C(=N\[N+](=O)[O-])N2C. The average molecular weight is 584 g/mol. The van der Waals surface area contributed by atoms with E-state index in [0.717, 1.165) is 51.6 Å². The Morgan fingerprint density at radius 2 is 1.93 bits per heavy atom. The highest BCUT2D eigenvalue weighted by molar-refractivity contribution is 6.06. The summed E-state index contributed by atoms with van der Waals surface area (Å²) in [7, 11) is 5.13. The van der Waals surface area contributed by atoms with Crippen LogP contribution in [0.3, 0.4) is 0 Å². The number of alkyl halides is 1. The Bertz CT molecular complexity index is 1360. The zero-order valence-electron chi connectivity index (χ0n) is 24.5. The average Bonchev–Trinajstić information content (AvgIpc) is 3.48. The summed E-state index contributed by atoms with van der Waals surface area (Å²) in [6, 6.07) is 5.28. The van der Waals surface area contributed by atoms with Crippen LogP contribution < -0.4 is 25.2 Å². The molecule has 2 N–H and O–H groups in total. The second-order valence-electron chi connectivity index (χ2n) is 11.5. The number of nitrogens with one attached hydrogen (secondary N) is 2. The van der Waals surface area contributed by atoms with E-state index in [1.54, 1.807) is 18.2 Å². The fraction of sp³-hybridized carbons (Fsp3) is 0.571. The Kier molecular flexibility index (Phi) is 8.43. The molecule has 226 valence electrons. The zero-order valence-corrected chi connectivity index (χ0v) is 24.5. The van der Waals surface area contributed by atoms with Crippen molar-refractivity contribution in [1.29, 1.82) is 0 Å². The quantitative estimate of drug-likeness (QED) is 0.367. The van der Waals surface area contributed by atoms with E-state index < -0.39 is 10.7 Å². The van der Waals surface area contributed by atoms with E-state index >= 15 is 4.39 Å². The van der Waals surface area contributed by atoms with Crippen molar-refractivity contribution >= 4 is 34.9 Å². The third kappa shape index (κ3) is 6.22. The van der Waals surface area contributed by atoms with Crippen LogP contribution in [-0.2, 0) is 0 Å². The third-order valence-electron chi connectivity index (χ3n) is 8.34. The van der Waals surface area contributed by atoms with Crippen LogP contribution in [0.25, 0.3) is 0 Å². The number of aromatic nitrogens is 2. The van der Waals surface area contributed by atoms with Crippen LogP contribution in [0.2, 0.25) is 0 Å². The number of amidine groups is 1. The molecular formula is C28H38FN9O4. The molecule has 3 aliphatic rings. The summed E-state index contributed by atoms with van der Waals surface area (Å²) in [4.78, 5) is 38.9. The van der Waals surface area contributed by atoms with Crippen molar-refractivity contribution in [1.82, 2.24) is 20.2 Å². The lowest BCUT2D eigenvalue weighted by molar-refractivity contribution is -0.485. The number of anilines is 4. The van der Waals surface area contributed by atoms with Gasteiger partial charge in [-0.25, -0.2) is 19.5 Å². The first-order chi connectivity index (χ1) is 20.1. The Balaban J connectivity index is 1.43. The van der Waals surface area contributed by atoms with Gasteiger partial charge in [-0.1, -0.05) is 12.8 Å². The number of carbonyl (C=O) groups excluding carboxylic acids is 1. The maximum atomic E-state index is 16.1. The topological polar surface area (TPSA) is 141 Å². The molecule has 3 heterocycles. The first-order valence-corrected chi connectivity index (χ1v) is 14.3. The van der Waals surface area contributed by atoms with E-state index in [1.807, 2.05) is 4.90 Å². The van der Waals surface area contributed by atoms with Gasteiger partial charge in [0.25, 0.3) is 5.91 Å². The predicted octanol–water partition coefficient (Wildman–Crippen LogP) is 3.57. The molecule has 0 radical (unpaired) electrons. The maximum absolute atomic E-state index is 16.1. The summed E-state index contributed by atoms with van der Waals surface area (Å²) in [6.07, 6.45) is 7.07. The van der Waals surface area contributed by atoms with Crippen LogP contribution in [0, 0.1) is 10.1 Å². The Labute approximate surface area is 244 Å². The van der Waals surface area contributed by atoms with Crippen molar-refractivity contribution in [2.75, 3.05) is 56.0 Å². The molecule has 42 heavy (non-hydrogen) atoms. The Morgan fingerprint density at radius 3 is 2.60 bits per heavy atom. The van der Waals surface area contributed by atoms with E-state index in [-0.39, 0.29) is 36.3 Å². The van der Waals surface area contributed by atoms with Crippen LogP contribution >= 0.6 is 0 Å². The Morgan fingerprint density at radius 1 is 1.21 bits per heavy atom. The lowest BCUT2D eigenvalue weighted by atomic mass is 10.0. The number of amides is 1. The Hall–Kier alpha value is -4.07. The number of nitro groups is 1.